The molecule has 3 aromatic carbocycles. The van der Waals surface area contributed by atoms with Crippen LogP contribution in [-0.4, -0.2) is 30.1 Å². The summed E-state index contributed by atoms with van der Waals surface area (Å²) in [6, 6.07) is 22.4. The lowest BCUT2D eigenvalue weighted by Gasteiger charge is -2.10. The molecule has 1 aliphatic heterocycles. The standard InChI is InChI=1S/C23H20N2O2S/c1-24-23-25(2)22(26)21(28-23)14-19-9-5-6-10-20(19)27-15-16-11-12-17-7-3-4-8-18(17)13-16/h3-14H,15H2,1-2H3/b21-14+,24-23?. The molecule has 1 fully saturated rings. The topological polar surface area (TPSA) is 41.9 Å². The number of amides is 1. The van der Waals surface area contributed by atoms with E-state index in [-0.39, 0.29) is 5.91 Å². The van der Waals surface area contributed by atoms with Gasteiger partial charge in [-0.2, -0.15) is 0 Å². The number of carbonyl (C=O) groups excluding carboxylic acids is 1. The Kier molecular flexibility index (Phi) is 5.17. The zero-order chi connectivity index (χ0) is 19.5. The van der Waals surface area contributed by atoms with Gasteiger partial charge >= 0.3 is 0 Å². The Balaban J connectivity index is 1.56. The molecule has 140 valence electrons. The summed E-state index contributed by atoms with van der Waals surface area (Å²) >= 11 is 1.38. The molecule has 3 aromatic rings. The largest absolute Gasteiger partial charge is 0.488 e. The second-order valence-corrected chi connectivity index (χ2v) is 7.50. The van der Waals surface area contributed by atoms with E-state index in [4.69, 9.17) is 4.74 Å². The van der Waals surface area contributed by atoms with E-state index < -0.39 is 0 Å². The fourth-order valence-electron chi connectivity index (χ4n) is 3.11. The number of benzene rings is 3. The predicted molar refractivity (Wildman–Crippen MR) is 116 cm³/mol. The maximum Gasteiger partial charge on any atom is 0.266 e. The van der Waals surface area contributed by atoms with Gasteiger partial charge in [0.1, 0.15) is 12.4 Å². The first-order chi connectivity index (χ1) is 13.7. The van der Waals surface area contributed by atoms with E-state index in [2.05, 4.69) is 35.3 Å². The summed E-state index contributed by atoms with van der Waals surface area (Å²) in [7, 11) is 3.43. The van der Waals surface area contributed by atoms with Crippen molar-refractivity contribution in [3.63, 3.8) is 0 Å². The summed E-state index contributed by atoms with van der Waals surface area (Å²) in [4.78, 5) is 18.8. The number of likely N-dealkylation sites (N-methyl/N-ethyl adjacent to an activating group) is 1. The van der Waals surface area contributed by atoms with Crippen molar-refractivity contribution >= 4 is 39.7 Å². The van der Waals surface area contributed by atoms with Crippen molar-refractivity contribution in [3.05, 3.63) is 82.8 Å². The van der Waals surface area contributed by atoms with Gasteiger partial charge in [-0.05, 0) is 46.3 Å². The van der Waals surface area contributed by atoms with Crippen molar-refractivity contribution in [2.24, 2.45) is 4.99 Å². The molecule has 0 aliphatic carbocycles. The van der Waals surface area contributed by atoms with Crippen molar-refractivity contribution in [3.8, 4) is 5.75 Å². The maximum atomic E-state index is 12.4. The highest BCUT2D eigenvalue weighted by atomic mass is 32.2. The number of hydrogen-bond acceptors (Lipinski definition) is 4. The Morgan fingerprint density at radius 3 is 2.57 bits per heavy atom. The van der Waals surface area contributed by atoms with Crippen LogP contribution in [-0.2, 0) is 11.4 Å². The van der Waals surface area contributed by atoms with Gasteiger partial charge < -0.3 is 4.74 Å². The van der Waals surface area contributed by atoms with Crippen LogP contribution in [0.4, 0.5) is 0 Å². The van der Waals surface area contributed by atoms with Gasteiger partial charge in [0, 0.05) is 19.7 Å². The molecule has 1 saturated heterocycles. The van der Waals surface area contributed by atoms with E-state index in [1.54, 1.807) is 19.0 Å². The van der Waals surface area contributed by atoms with E-state index in [1.165, 1.54) is 22.5 Å². The van der Waals surface area contributed by atoms with Crippen LogP contribution in [0.3, 0.4) is 0 Å². The molecule has 0 N–H and O–H groups in total. The normalized spacial score (nSPS) is 17.1. The first-order valence-electron chi connectivity index (χ1n) is 8.99. The molecule has 0 spiro atoms. The average molecular weight is 388 g/mol. The zero-order valence-corrected chi connectivity index (χ0v) is 16.6. The minimum atomic E-state index is -0.0464. The third-order valence-corrected chi connectivity index (χ3v) is 5.76. The Morgan fingerprint density at radius 1 is 1.04 bits per heavy atom. The quantitative estimate of drug-likeness (QED) is 0.594. The smallest absolute Gasteiger partial charge is 0.266 e. The summed E-state index contributed by atoms with van der Waals surface area (Å²) in [6.45, 7) is 0.466. The van der Waals surface area contributed by atoms with Crippen LogP contribution in [0.2, 0.25) is 0 Å². The molecule has 1 heterocycles. The van der Waals surface area contributed by atoms with E-state index in [9.17, 15) is 4.79 Å². The summed E-state index contributed by atoms with van der Waals surface area (Å²) in [5.41, 5.74) is 1.98. The van der Waals surface area contributed by atoms with Gasteiger partial charge in [0.25, 0.3) is 5.91 Å². The number of ether oxygens (including phenoxy) is 1. The highest BCUT2D eigenvalue weighted by Gasteiger charge is 2.29. The number of hydrogen-bond donors (Lipinski definition) is 0. The molecule has 0 radical (unpaired) electrons. The number of carbonyl (C=O) groups is 1. The van der Waals surface area contributed by atoms with E-state index in [0.29, 0.717) is 16.7 Å². The van der Waals surface area contributed by atoms with Crippen LogP contribution in [0, 0.1) is 0 Å². The second kappa shape index (κ2) is 7.90. The Hall–Kier alpha value is -3.05. The zero-order valence-electron chi connectivity index (χ0n) is 15.8. The minimum Gasteiger partial charge on any atom is -0.488 e. The lowest BCUT2D eigenvalue weighted by molar-refractivity contribution is -0.121. The highest BCUT2D eigenvalue weighted by molar-refractivity contribution is 8.18. The van der Waals surface area contributed by atoms with Gasteiger partial charge in [-0.3, -0.25) is 14.7 Å². The van der Waals surface area contributed by atoms with Gasteiger partial charge in [0.15, 0.2) is 5.17 Å². The second-order valence-electron chi connectivity index (χ2n) is 6.49. The van der Waals surface area contributed by atoms with Crippen LogP contribution in [0.5, 0.6) is 5.75 Å². The molecule has 1 aliphatic rings. The van der Waals surface area contributed by atoms with Gasteiger partial charge in [-0.1, -0.05) is 54.6 Å². The lowest BCUT2D eigenvalue weighted by Crippen LogP contribution is -2.23. The van der Waals surface area contributed by atoms with E-state index in [0.717, 1.165) is 16.9 Å². The van der Waals surface area contributed by atoms with Crippen LogP contribution in [0.15, 0.2) is 76.6 Å². The molecule has 5 heteroatoms. The first kappa shape index (κ1) is 18.3. The third-order valence-electron chi connectivity index (χ3n) is 4.61. The molecule has 0 saturated carbocycles. The van der Waals surface area contributed by atoms with E-state index >= 15 is 0 Å². The van der Waals surface area contributed by atoms with Crippen molar-refractivity contribution in [2.75, 3.05) is 14.1 Å². The number of rotatable bonds is 4. The van der Waals surface area contributed by atoms with Crippen LogP contribution in [0.25, 0.3) is 16.8 Å². The fourth-order valence-corrected chi connectivity index (χ4v) is 4.03. The number of nitrogens with zero attached hydrogens (tertiary/aromatic N) is 2. The number of fused-ring (bicyclic) bond motifs is 1. The first-order valence-corrected chi connectivity index (χ1v) is 9.81. The lowest BCUT2D eigenvalue weighted by atomic mass is 10.1. The summed E-state index contributed by atoms with van der Waals surface area (Å²) in [5, 5.41) is 3.11. The van der Waals surface area contributed by atoms with Crippen molar-refractivity contribution in [1.82, 2.24) is 4.90 Å². The SMILES string of the molecule is CN=C1S/C(=C/c2ccccc2OCc2ccc3ccccc3c2)C(=O)N1C. The van der Waals surface area contributed by atoms with Gasteiger partial charge in [0.2, 0.25) is 0 Å². The monoisotopic (exact) mass is 388 g/mol. The van der Waals surface area contributed by atoms with Gasteiger partial charge in [0.05, 0.1) is 4.91 Å². The number of para-hydroxylation sites is 1. The van der Waals surface area contributed by atoms with Gasteiger partial charge in [-0.15, -0.1) is 0 Å². The molecular formula is C23H20N2O2S. The van der Waals surface area contributed by atoms with Crippen LogP contribution in [0.1, 0.15) is 11.1 Å². The Morgan fingerprint density at radius 2 is 1.79 bits per heavy atom. The molecule has 0 aromatic heterocycles. The van der Waals surface area contributed by atoms with Crippen molar-refractivity contribution in [2.45, 2.75) is 6.61 Å². The van der Waals surface area contributed by atoms with Crippen molar-refractivity contribution in [1.29, 1.82) is 0 Å². The number of aliphatic imine (C=N–C) groups is 1. The van der Waals surface area contributed by atoms with E-state index in [1.807, 2.05) is 42.5 Å². The summed E-state index contributed by atoms with van der Waals surface area (Å²) in [6.07, 6.45) is 1.87. The molecule has 0 atom stereocenters. The molecule has 0 bridgehead atoms. The molecular weight excluding hydrogens is 368 g/mol. The molecule has 28 heavy (non-hydrogen) atoms. The van der Waals surface area contributed by atoms with Crippen molar-refractivity contribution < 1.29 is 9.53 Å². The Labute approximate surface area is 168 Å². The molecule has 4 rings (SSSR count). The van der Waals surface area contributed by atoms with Crippen LogP contribution >= 0.6 is 11.8 Å². The van der Waals surface area contributed by atoms with Crippen LogP contribution < -0.4 is 4.74 Å². The molecule has 4 nitrogen and oxygen atoms in total. The minimum absolute atomic E-state index is 0.0464. The summed E-state index contributed by atoms with van der Waals surface area (Å²) < 4.78 is 6.09. The average Bonchev–Trinajstić information content (AvgIpc) is 3.01. The fraction of sp³-hybridized carbons (Fsp3) is 0.130. The maximum absolute atomic E-state index is 12.4. The highest BCUT2D eigenvalue weighted by Crippen LogP contribution is 2.33. The molecule has 1 amide bonds. The van der Waals surface area contributed by atoms with Gasteiger partial charge in [-0.25, -0.2) is 0 Å². The molecule has 0 unspecified atom stereocenters. The predicted octanol–water partition coefficient (Wildman–Crippen LogP) is 4.95. The Bertz CT molecular complexity index is 1100. The number of thioether (sulfide) groups is 1. The third kappa shape index (κ3) is 3.66. The number of amidine groups is 1. The summed E-state index contributed by atoms with van der Waals surface area (Å²) in [5.74, 6) is 0.705.